The van der Waals surface area contributed by atoms with Crippen LogP contribution in [0, 0.1) is 0 Å². The van der Waals surface area contributed by atoms with Crippen molar-refractivity contribution in [3.05, 3.63) is 41.6 Å². The summed E-state index contributed by atoms with van der Waals surface area (Å²) in [5, 5.41) is 16.8. The lowest BCUT2D eigenvalue weighted by molar-refractivity contribution is 0.126. The third-order valence-electron chi connectivity index (χ3n) is 5.01. The minimum atomic E-state index is -0.133. The average Bonchev–Trinajstić information content (AvgIpc) is 2.64. The van der Waals surface area contributed by atoms with Gasteiger partial charge in [-0.15, -0.1) is 0 Å². The number of benzene rings is 1. The summed E-state index contributed by atoms with van der Waals surface area (Å²) in [4.78, 5) is 9.65. The highest BCUT2D eigenvalue weighted by atomic mass is 16.3. The Bertz CT molecular complexity index is 696. The van der Waals surface area contributed by atoms with Crippen LogP contribution in [0.25, 0.3) is 11.4 Å². The van der Waals surface area contributed by atoms with E-state index in [4.69, 9.17) is 9.97 Å². The van der Waals surface area contributed by atoms with Crippen LogP contribution in [0.4, 0.5) is 5.82 Å². The first-order chi connectivity index (χ1) is 11.8. The van der Waals surface area contributed by atoms with Crippen LogP contribution in [-0.2, 0) is 13.0 Å². The molecule has 4 rings (SSSR count). The fraction of sp³-hybridized carbons (Fsp3) is 0.474. The summed E-state index contributed by atoms with van der Waals surface area (Å²) >= 11 is 0. The largest absolute Gasteiger partial charge is 0.393 e. The van der Waals surface area contributed by atoms with Crippen molar-refractivity contribution in [1.29, 1.82) is 0 Å². The number of aliphatic hydroxyl groups excluding tert-OH is 1. The molecule has 1 aromatic carbocycles. The van der Waals surface area contributed by atoms with E-state index in [1.54, 1.807) is 0 Å². The molecule has 0 amide bonds. The monoisotopic (exact) mass is 324 g/mol. The van der Waals surface area contributed by atoms with Crippen molar-refractivity contribution in [2.45, 2.75) is 50.8 Å². The van der Waals surface area contributed by atoms with Crippen LogP contribution in [0.1, 0.15) is 36.9 Å². The molecule has 1 aliphatic carbocycles. The Morgan fingerprint density at radius 2 is 1.83 bits per heavy atom. The molecule has 2 heterocycles. The minimum Gasteiger partial charge on any atom is -0.393 e. The molecule has 0 spiro atoms. The molecule has 3 N–H and O–H groups in total. The third-order valence-corrected chi connectivity index (χ3v) is 5.01. The van der Waals surface area contributed by atoms with Gasteiger partial charge in [0.2, 0.25) is 0 Å². The van der Waals surface area contributed by atoms with E-state index in [1.807, 2.05) is 18.2 Å². The molecule has 0 bridgehead atoms. The third kappa shape index (κ3) is 3.28. The molecule has 1 aliphatic heterocycles. The van der Waals surface area contributed by atoms with E-state index in [-0.39, 0.29) is 6.10 Å². The lowest BCUT2D eigenvalue weighted by Gasteiger charge is -2.29. The topological polar surface area (TPSA) is 70.1 Å². The van der Waals surface area contributed by atoms with Crippen molar-refractivity contribution in [2.24, 2.45) is 0 Å². The van der Waals surface area contributed by atoms with Crippen LogP contribution >= 0.6 is 0 Å². The fourth-order valence-electron chi connectivity index (χ4n) is 3.61. The van der Waals surface area contributed by atoms with Gasteiger partial charge in [0.25, 0.3) is 0 Å². The Morgan fingerprint density at radius 1 is 1.04 bits per heavy atom. The molecule has 1 saturated carbocycles. The minimum absolute atomic E-state index is 0.133. The lowest BCUT2D eigenvalue weighted by atomic mass is 9.93. The van der Waals surface area contributed by atoms with Crippen LogP contribution in [0.3, 0.4) is 0 Å². The van der Waals surface area contributed by atoms with Crippen molar-refractivity contribution < 1.29 is 5.11 Å². The number of aromatic nitrogens is 2. The first-order valence-corrected chi connectivity index (χ1v) is 8.90. The molecular weight excluding hydrogens is 300 g/mol. The first-order valence-electron chi connectivity index (χ1n) is 8.90. The Balaban J connectivity index is 1.66. The first kappa shape index (κ1) is 15.5. The van der Waals surface area contributed by atoms with E-state index in [2.05, 4.69) is 22.8 Å². The van der Waals surface area contributed by atoms with Gasteiger partial charge >= 0.3 is 0 Å². The number of anilines is 1. The predicted molar refractivity (Wildman–Crippen MR) is 94.8 cm³/mol. The van der Waals surface area contributed by atoms with Gasteiger partial charge in [0.1, 0.15) is 5.82 Å². The summed E-state index contributed by atoms with van der Waals surface area (Å²) in [5.41, 5.74) is 3.40. The van der Waals surface area contributed by atoms with Crippen LogP contribution in [0.5, 0.6) is 0 Å². The Kier molecular flexibility index (Phi) is 4.45. The average molecular weight is 324 g/mol. The van der Waals surface area contributed by atoms with Crippen LogP contribution in [0.15, 0.2) is 30.3 Å². The van der Waals surface area contributed by atoms with Gasteiger partial charge in [0.15, 0.2) is 5.82 Å². The standard InChI is InChI=1S/C19H24N4O/c24-15-8-6-14(7-9-15)21-19-16-10-11-20-12-17(16)22-18(23-19)13-4-2-1-3-5-13/h1-5,14-15,20,24H,6-12H2,(H,21,22,23). The van der Waals surface area contributed by atoms with Gasteiger partial charge in [0.05, 0.1) is 11.8 Å². The zero-order chi connectivity index (χ0) is 16.4. The molecule has 126 valence electrons. The lowest BCUT2D eigenvalue weighted by Crippen LogP contribution is -2.31. The number of aliphatic hydroxyl groups is 1. The van der Waals surface area contributed by atoms with Crippen LogP contribution in [-0.4, -0.2) is 33.8 Å². The molecule has 0 unspecified atom stereocenters. The van der Waals surface area contributed by atoms with Crippen LogP contribution < -0.4 is 10.6 Å². The van der Waals surface area contributed by atoms with E-state index in [1.165, 1.54) is 5.56 Å². The second-order valence-electron chi connectivity index (χ2n) is 6.76. The summed E-state index contributed by atoms with van der Waals surface area (Å²) in [6.07, 6.45) is 4.57. The summed E-state index contributed by atoms with van der Waals surface area (Å²) in [6.45, 7) is 1.77. The maximum absolute atomic E-state index is 9.72. The quantitative estimate of drug-likeness (QED) is 0.809. The van der Waals surface area contributed by atoms with Crippen molar-refractivity contribution in [3.63, 3.8) is 0 Å². The number of nitrogens with one attached hydrogen (secondary N) is 2. The van der Waals surface area contributed by atoms with E-state index in [0.29, 0.717) is 6.04 Å². The highest BCUT2D eigenvalue weighted by Crippen LogP contribution is 2.28. The molecule has 5 nitrogen and oxygen atoms in total. The van der Waals surface area contributed by atoms with Crippen molar-refractivity contribution in [3.8, 4) is 11.4 Å². The number of fused-ring (bicyclic) bond motifs is 1. The molecule has 0 saturated heterocycles. The molecule has 0 radical (unpaired) electrons. The van der Waals surface area contributed by atoms with Crippen molar-refractivity contribution in [2.75, 3.05) is 11.9 Å². The summed E-state index contributed by atoms with van der Waals surface area (Å²) < 4.78 is 0. The van der Waals surface area contributed by atoms with Gasteiger partial charge in [-0.3, -0.25) is 0 Å². The summed E-state index contributed by atoms with van der Waals surface area (Å²) in [5.74, 6) is 1.78. The molecule has 2 aromatic rings. The van der Waals surface area contributed by atoms with Gasteiger partial charge in [0, 0.05) is 23.7 Å². The highest BCUT2D eigenvalue weighted by molar-refractivity contribution is 5.60. The molecule has 5 heteroatoms. The van der Waals surface area contributed by atoms with Gasteiger partial charge in [-0.2, -0.15) is 0 Å². The maximum Gasteiger partial charge on any atom is 0.161 e. The Morgan fingerprint density at radius 3 is 2.62 bits per heavy atom. The van der Waals surface area contributed by atoms with Gasteiger partial charge < -0.3 is 15.7 Å². The molecule has 1 aromatic heterocycles. The molecular formula is C19H24N4O. The second-order valence-corrected chi connectivity index (χ2v) is 6.76. The number of hydrogen-bond acceptors (Lipinski definition) is 5. The fourth-order valence-corrected chi connectivity index (χ4v) is 3.61. The SMILES string of the molecule is OC1CCC(Nc2nc(-c3ccccc3)nc3c2CCNC3)CC1. The summed E-state index contributed by atoms with van der Waals surface area (Å²) in [7, 11) is 0. The van der Waals surface area contributed by atoms with E-state index < -0.39 is 0 Å². The maximum atomic E-state index is 9.72. The highest BCUT2D eigenvalue weighted by Gasteiger charge is 2.23. The van der Waals surface area contributed by atoms with Crippen molar-refractivity contribution >= 4 is 5.82 Å². The van der Waals surface area contributed by atoms with Gasteiger partial charge in [-0.25, -0.2) is 9.97 Å². The number of hydrogen-bond donors (Lipinski definition) is 3. The van der Waals surface area contributed by atoms with E-state index in [9.17, 15) is 5.11 Å². The van der Waals surface area contributed by atoms with E-state index >= 15 is 0 Å². The van der Waals surface area contributed by atoms with Crippen molar-refractivity contribution in [1.82, 2.24) is 15.3 Å². The van der Waals surface area contributed by atoms with Gasteiger partial charge in [-0.1, -0.05) is 30.3 Å². The Labute approximate surface area is 142 Å². The zero-order valence-electron chi connectivity index (χ0n) is 13.8. The van der Waals surface area contributed by atoms with Gasteiger partial charge in [-0.05, 0) is 38.6 Å². The number of rotatable bonds is 3. The Hall–Kier alpha value is -1.98. The molecule has 0 atom stereocenters. The van der Waals surface area contributed by atoms with E-state index in [0.717, 1.165) is 68.1 Å². The normalized spacial score (nSPS) is 23.5. The molecule has 2 aliphatic rings. The summed E-state index contributed by atoms with van der Waals surface area (Å²) in [6, 6.07) is 10.6. The second kappa shape index (κ2) is 6.87. The molecule has 1 fully saturated rings. The number of nitrogens with zero attached hydrogens (tertiary/aromatic N) is 2. The van der Waals surface area contributed by atoms with Crippen LogP contribution in [0.2, 0.25) is 0 Å². The molecule has 24 heavy (non-hydrogen) atoms. The zero-order valence-corrected chi connectivity index (χ0v) is 13.8. The smallest absolute Gasteiger partial charge is 0.161 e. The predicted octanol–water partition coefficient (Wildman–Crippen LogP) is 2.50.